The van der Waals surface area contributed by atoms with Crippen LogP contribution in [-0.4, -0.2) is 25.5 Å². The van der Waals surface area contributed by atoms with Gasteiger partial charge in [0, 0.05) is 12.4 Å². The fourth-order valence-corrected chi connectivity index (χ4v) is 3.15. The number of carbonyl (C=O) groups is 1. The number of aromatic nitrogens is 4. The van der Waals surface area contributed by atoms with E-state index in [1.54, 1.807) is 22.5 Å². The molecule has 1 amide bonds. The smallest absolute Gasteiger partial charge is 0.250 e. The number of nitrogens with zero attached hydrogens (tertiary/aromatic N) is 4. The van der Waals surface area contributed by atoms with Crippen molar-refractivity contribution in [1.82, 2.24) is 19.6 Å². The highest BCUT2D eigenvalue weighted by Gasteiger charge is 2.19. The second-order valence-corrected chi connectivity index (χ2v) is 7.93. The first-order valence-electron chi connectivity index (χ1n) is 8.14. The van der Waals surface area contributed by atoms with Crippen LogP contribution in [0.15, 0.2) is 45.6 Å². The number of aryl methyl sites for hydroxylation is 2. The summed E-state index contributed by atoms with van der Waals surface area (Å²) in [4.78, 5) is 12.5. The molecule has 0 saturated heterocycles. The number of rotatable bonds is 5. The molecule has 1 unspecified atom stereocenters. The quantitative estimate of drug-likeness (QED) is 0.585. The number of carbonyl (C=O) groups excluding carboxylic acids is 1. The predicted molar refractivity (Wildman–Crippen MR) is 108 cm³/mol. The van der Waals surface area contributed by atoms with Gasteiger partial charge in [0.15, 0.2) is 5.82 Å². The molecule has 0 aliphatic carbocycles. The predicted octanol–water partition coefficient (Wildman–Crippen LogP) is 4.47. The SMILES string of the molecule is Cc1ccc(Cn2cc(Br)c(NC(=O)C(C)n3cc(Br)c(C)n3)n2)cc1. The lowest BCUT2D eigenvalue weighted by Gasteiger charge is -2.11. The molecule has 0 radical (unpaired) electrons. The third-order valence-corrected chi connectivity index (χ3v) is 5.42. The zero-order chi connectivity index (χ0) is 18.8. The Kier molecular flexibility index (Phi) is 5.62. The van der Waals surface area contributed by atoms with E-state index in [9.17, 15) is 4.79 Å². The van der Waals surface area contributed by atoms with Gasteiger partial charge in [-0.1, -0.05) is 29.8 Å². The third-order valence-electron chi connectivity index (χ3n) is 4.06. The molecule has 0 bridgehead atoms. The standard InChI is InChI=1S/C18H19Br2N5O/c1-11-4-6-14(7-5-11)8-24-9-16(20)17(23-24)21-18(26)13(3)25-10-15(19)12(2)22-25/h4-7,9-10,13H,8H2,1-3H3,(H,21,23,26). The van der Waals surface area contributed by atoms with Crippen LogP contribution >= 0.6 is 31.9 Å². The molecule has 2 aromatic heterocycles. The van der Waals surface area contributed by atoms with Crippen LogP contribution in [0.5, 0.6) is 0 Å². The van der Waals surface area contributed by atoms with Crippen LogP contribution in [-0.2, 0) is 11.3 Å². The topological polar surface area (TPSA) is 64.7 Å². The van der Waals surface area contributed by atoms with Gasteiger partial charge in [0.1, 0.15) is 6.04 Å². The van der Waals surface area contributed by atoms with Gasteiger partial charge in [-0.05, 0) is 58.2 Å². The second-order valence-electron chi connectivity index (χ2n) is 6.22. The van der Waals surface area contributed by atoms with Crippen LogP contribution < -0.4 is 5.32 Å². The van der Waals surface area contributed by atoms with Gasteiger partial charge in [0.05, 0.1) is 21.2 Å². The summed E-state index contributed by atoms with van der Waals surface area (Å²) < 4.78 is 5.04. The summed E-state index contributed by atoms with van der Waals surface area (Å²) in [5, 5.41) is 11.7. The van der Waals surface area contributed by atoms with E-state index in [0.717, 1.165) is 20.2 Å². The van der Waals surface area contributed by atoms with Crippen molar-refractivity contribution in [2.24, 2.45) is 0 Å². The summed E-state index contributed by atoms with van der Waals surface area (Å²) in [6.45, 7) is 6.37. The number of amides is 1. The molecule has 2 heterocycles. The minimum Gasteiger partial charge on any atom is -0.306 e. The van der Waals surface area contributed by atoms with E-state index in [4.69, 9.17) is 0 Å². The zero-order valence-corrected chi connectivity index (χ0v) is 17.9. The highest BCUT2D eigenvalue weighted by atomic mass is 79.9. The first-order chi connectivity index (χ1) is 12.3. The van der Waals surface area contributed by atoms with Crippen LogP contribution in [0.25, 0.3) is 0 Å². The molecule has 0 saturated carbocycles. The molecular weight excluding hydrogens is 462 g/mol. The number of halogens is 2. The summed E-state index contributed by atoms with van der Waals surface area (Å²) in [6.07, 6.45) is 3.65. The van der Waals surface area contributed by atoms with Gasteiger partial charge in [-0.3, -0.25) is 14.2 Å². The van der Waals surface area contributed by atoms with Gasteiger partial charge in [-0.25, -0.2) is 0 Å². The minimum absolute atomic E-state index is 0.179. The Hall–Kier alpha value is -1.93. The van der Waals surface area contributed by atoms with Crippen molar-refractivity contribution in [3.05, 3.63) is 62.4 Å². The first-order valence-corrected chi connectivity index (χ1v) is 9.72. The summed E-state index contributed by atoms with van der Waals surface area (Å²) in [6, 6.07) is 7.84. The minimum atomic E-state index is -0.450. The lowest BCUT2D eigenvalue weighted by Crippen LogP contribution is -2.24. The van der Waals surface area contributed by atoms with Gasteiger partial charge in [0.2, 0.25) is 5.91 Å². The van der Waals surface area contributed by atoms with Crippen molar-refractivity contribution in [2.45, 2.75) is 33.4 Å². The van der Waals surface area contributed by atoms with E-state index in [2.05, 4.69) is 78.6 Å². The van der Waals surface area contributed by atoms with Crippen LogP contribution in [0.4, 0.5) is 5.82 Å². The Balaban J connectivity index is 1.70. The number of hydrogen-bond donors (Lipinski definition) is 1. The average molecular weight is 481 g/mol. The molecule has 6 nitrogen and oxygen atoms in total. The molecule has 0 spiro atoms. The average Bonchev–Trinajstić information content (AvgIpc) is 3.11. The highest BCUT2D eigenvalue weighted by Crippen LogP contribution is 2.23. The summed E-state index contributed by atoms with van der Waals surface area (Å²) in [7, 11) is 0. The number of anilines is 1. The van der Waals surface area contributed by atoms with Crippen molar-refractivity contribution in [1.29, 1.82) is 0 Å². The van der Waals surface area contributed by atoms with Gasteiger partial charge < -0.3 is 5.32 Å². The maximum absolute atomic E-state index is 12.5. The fraction of sp³-hybridized carbons (Fsp3) is 0.278. The Morgan fingerprint density at radius 3 is 2.42 bits per heavy atom. The second kappa shape index (κ2) is 7.75. The van der Waals surface area contributed by atoms with E-state index in [0.29, 0.717) is 12.4 Å². The Morgan fingerprint density at radius 1 is 1.12 bits per heavy atom. The monoisotopic (exact) mass is 479 g/mol. The molecule has 3 rings (SSSR count). The van der Waals surface area contributed by atoms with Gasteiger partial charge >= 0.3 is 0 Å². The Morgan fingerprint density at radius 2 is 1.81 bits per heavy atom. The maximum atomic E-state index is 12.5. The molecular formula is C18H19Br2N5O. The third kappa shape index (κ3) is 4.24. The normalized spacial score (nSPS) is 12.2. The molecule has 1 N–H and O–H groups in total. The van der Waals surface area contributed by atoms with Crippen molar-refractivity contribution < 1.29 is 4.79 Å². The zero-order valence-electron chi connectivity index (χ0n) is 14.7. The van der Waals surface area contributed by atoms with E-state index in [1.807, 2.05) is 13.1 Å². The van der Waals surface area contributed by atoms with Crippen LogP contribution in [0.1, 0.15) is 29.8 Å². The molecule has 26 heavy (non-hydrogen) atoms. The van der Waals surface area contributed by atoms with E-state index < -0.39 is 6.04 Å². The Labute approximate surface area is 168 Å². The summed E-state index contributed by atoms with van der Waals surface area (Å²) in [5.74, 6) is 0.318. The first kappa shape index (κ1) is 18.8. The molecule has 0 aliphatic rings. The molecule has 3 aromatic rings. The number of nitrogens with one attached hydrogen (secondary N) is 1. The maximum Gasteiger partial charge on any atom is 0.250 e. The van der Waals surface area contributed by atoms with Crippen LogP contribution in [0, 0.1) is 13.8 Å². The van der Waals surface area contributed by atoms with Gasteiger partial charge in [-0.15, -0.1) is 0 Å². The highest BCUT2D eigenvalue weighted by molar-refractivity contribution is 9.10. The lowest BCUT2D eigenvalue weighted by molar-refractivity contribution is -0.119. The van der Waals surface area contributed by atoms with Crippen LogP contribution in [0.3, 0.4) is 0 Å². The number of hydrogen-bond acceptors (Lipinski definition) is 3. The molecule has 0 aliphatic heterocycles. The van der Waals surface area contributed by atoms with E-state index in [-0.39, 0.29) is 5.91 Å². The molecule has 1 aromatic carbocycles. The van der Waals surface area contributed by atoms with Crippen molar-refractivity contribution in [3.63, 3.8) is 0 Å². The molecule has 8 heteroatoms. The van der Waals surface area contributed by atoms with E-state index >= 15 is 0 Å². The molecule has 1 atom stereocenters. The lowest BCUT2D eigenvalue weighted by atomic mass is 10.1. The van der Waals surface area contributed by atoms with Gasteiger partial charge in [-0.2, -0.15) is 10.2 Å². The largest absolute Gasteiger partial charge is 0.306 e. The molecule has 136 valence electrons. The molecule has 0 fully saturated rings. The van der Waals surface area contributed by atoms with Crippen molar-refractivity contribution >= 4 is 43.6 Å². The van der Waals surface area contributed by atoms with E-state index in [1.165, 1.54) is 5.56 Å². The summed E-state index contributed by atoms with van der Waals surface area (Å²) in [5.41, 5.74) is 3.21. The van der Waals surface area contributed by atoms with Crippen molar-refractivity contribution in [2.75, 3.05) is 5.32 Å². The van der Waals surface area contributed by atoms with Crippen molar-refractivity contribution in [3.8, 4) is 0 Å². The van der Waals surface area contributed by atoms with Gasteiger partial charge in [0.25, 0.3) is 0 Å². The fourth-order valence-electron chi connectivity index (χ4n) is 2.44. The van der Waals surface area contributed by atoms with Crippen LogP contribution in [0.2, 0.25) is 0 Å². The number of benzene rings is 1. The Bertz CT molecular complexity index is 910. The summed E-state index contributed by atoms with van der Waals surface area (Å²) >= 11 is 6.88.